The maximum Gasteiger partial charge on any atom is 0.435 e. The van der Waals surface area contributed by atoms with Crippen molar-refractivity contribution in [2.24, 2.45) is 0 Å². The molecule has 0 unspecified atom stereocenters. The molecule has 13 nitrogen and oxygen atoms in total. The van der Waals surface area contributed by atoms with E-state index in [0.29, 0.717) is 10.7 Å². The van der Waals surface area contributed by atoms with Gasteiger partial charge >= 0.3 is 6.18 Å². The van der Waals surface area contributed by atoms with Gasteiger partial charge in [-0.1, -0.05) is 24.3 Å². The van der Waals surface area contributed by atoms with E-state index in [1.807, 2.05) is 0 Å². The van der Waals surface area contributed by atoms with Gasteiger partial charge in [-0.2, -0.15) is 18.3 Å². The van der Waals surface area contributed by atoms with Gasteiger partial charge in [-0.05, 0) is 48.4 Å². The minimum atomic E-state index is -5.02. The van der Waals surface area contributed by atoms with Crippen LogP contribution < -0.4 is 26.0 Å². The molecule has 0 atom stereocenters. The lowest BCUT2D eigenvalue weighted by molar-refractivity contribution is -0.141. The van der Waals surface area contributed by atoms with E-state index in [-0.39, 0.29) is 77.3 Å². The second kappa shape index (κ2) is 16.5. The largest absolute Gasteiger partial charge is 0.497 e. The van der Waals surface area contributed by atoms with Crippen LogP contribution in [0.15, 0.2) is 71.6 Å². The van der Waals surface area contributed by atoms with E-state index in [9.17, 15) is 40.8 Å². The van der Waals surface area contributed by atoms with Crippen LogP contribution in [0.4, 0.5) is 23.2 Å². The van der Waals surface area contributed by atoms with Gasteiger partial charge in [-0.25, -0.2) is 17.5 Å². The highest BCUT2D eigenvalue weighted by Crippen LogP contribution is 2.33. The lowest BCUT2D eigenvalue weighted by atomic mass is 10.0. The Bertz CT molecular complexity index is 2100. The van der Waals surface area contributed by atoms with Crippen molar-refractivity contribution in [3.8, 4) is 22.6 Å². The molecule has 0 spiro atoms. The standard InChI is InChI=1S/C34H34F4N6O7S/c1-20(45)39-15-16-40-31(46)9-6-14-41-32(47)24-18-22(51-2)11-13-27(24)44-28(19-30(43-44)34(36,37)38)33(48)42-26-12-10-21(17-25(26)35)23-7-4-5-8-29(23)52(3,49)50/h4-5,7-8,10-13,17-19H,6,9,14-16H2,1-3H3,(H,39,45)(H,40,46)(H,41,47)(H,42,48). The maximum atomic E-state index is 15.3. The molecule has 4 aromatic rings. The number of hydrogen-bond donors (Lipinski definition) is 4. The smallest absolute Gasteiger partial charge is 0.435 e. The number of benzene rings is 3. The zero-order valence-corrected chi connectivity index (χ0v) is 28.9. The molecule has 0 fully saturated rings. The Morgan fingerprint density at radius 2 is 1.60 bits per heavy atom. The summed E-state index contributed by atoms with van der Waals surface area (Å²) in [5.74, 6) is -3.44. The zero-order chi connectivity index (χ0) is 38.2. The molecule has 1 aromatic heterocycles. The van der Waals surface area contributed by atoms with Crippen LogP contribution in [-0.2, 0) is 25.6 Å². The van der Waals surface area contributed by atoms with Gasteiger partial charge in [0, 0.05) is 50.9 Å². The summed E-state index contributed by atoms with van der Waals surface area (Å²) in [4.78, 5) is 49.7. The van der Waals surface area contributed by atoms with E-state index < -0.39 is 50.7 Å². The van der Waals surface area contributed by atoms with Crippen molar-refractivity contribution in [1.29, 1.82) is 0 Å². The monoisotopic (exact) mass is 746 g/mol. The first-order chi connectivity index (χ1) is 24.5. The van der Waals surface area contributed by atoms with Gasteiger partial charge in [0.2, 0.25) is 11.8 Å². The molecule has 1 heterocycles. The van der Waals surface area contributed by atoms with Crippen molar-refractivity contribution in [3.63, 3.8) is 0 Å². The fourth-order valence-corrected chi connectivity index (χ4v) is 5.86. The highest BCUT2D eigenvalue weighted by Gasteiger charge is 2.37. The van der Waals surface area contributed by atoms with Crippen LogP contribution in [0.5, 0.6) is 5.75 Å². The highest BCUT2D eigenvalue weighted by molar-refractivity contribution is 7.90. The first-order valence-electron chi connectivity index (χ1n) is 15.5. The zero-order valence-electron chi connectivity index (χ0n) is 28.1. The number of anilines is 1. The number of amides is 4. The Labute approximate surface area is 295 Å². The quantitative estimate of drug-likeness (QED) is 0.110. The molecule has 0 aliphatic heterocycles. The number of carbonyl (C=O) groups excluding carboxylic acids is 4. The molecule has 4 rings (SSSR count). The number of sulfone groups is 1. The number of hydrogen-bond acceptors (Lipinski definition) is 8. The molecular formula is C34H34F4N6O7S. The SMILES string of the molecule is COc1ccc(-n2nc(C(F)(F)F)cc2C(=O)Nc2ccc(-c3ccccc3S(C)(=O)=O)cc2F)c(C(=O)NCCCC(=O)NCCNC(C)=O)c1. The summed E-state index contributed by atoms with van der Waals surface area (Å²) in [5.41, 5.74) is -2.73. The molecule has 52 heavy (non-hydrogen) atoms. The summed E-state index contributed by atoms with van der Waals surface area (Å²) >= 11 is 0. The number of ether oxygens (including phenoxy) is 1. The minimum absolute atomic E-state index is 0.0151. The maximum absolute atomic E-state index is 15.3. The summed E-state index contributed by atoms with van der Waals surface area (Å²) in [6.45, 7) is 1.77. The fraction of sp³-hybridized carbons (Fsp3) is 0.265. The van der Waals surface area contributed by atoms with Crippen LogP contribution in [0.1, 0.15) is 46.3 Å². The first-order valence-corrected chi connectivity index (χ1v) is 17.4. The molecule has 276 valence electrons. The summed E-state index contributed by atoms with van der Waals surface area (Å²) in [6.07, 6.45) is -3.81. The van der Waals surface area contributed by atoms with Crippen LogP contribution in [0.2, 0.25) is 0 Å². The van der Waals surface area contributed by atoms with E-state index >= 15 is 4.39 Å². The van der Waals surface area contributed by atoms with Crippen LogP contribution in [0.25, 0.3) is 16.8 Å². The predicted molar refractivity (Wildman–Crippen MR) is 181 cm³/mol. The summed E-state index contributed by atoms with van der Waals surface area (Å²) < 4.78 is 87.3. The van der Waals surface area contributed by atoms with Crippen molar-refractivity contribution in [1.82, 2.24) is 25.7 Å². The second-order valence-corrected chi connectivity index (χ2v) is 13.3. The lowest BCUT2D eigenvalue weighted by Gasteiger charge is -2.15. The number of alkyl halides is 3. The summed E-state index contributed by atoms with van der Waals surface area (Å²) in [5, 5.41) is 13.5. The number of halogens is 4. The summed E-state index contributed by atoms with van der Waals surface area (Å²) in [6, 6.07) is 13.5. The van der Waals surface area contributed by atoms with Gasteiger partial charge in [0.1, 0.15) is 17.3 Å². The normalized spacial score (nSPS) is 11.4. The molecule has 0 saturated carbocycles. The number of nitrogens with zero attached hydrogens (tertiary/aromatic N) is 2. The van der Waals surface area contributed by atoms with Gasteiger partial charge < -0.3 is 26.0 Å². The average Bonchev–Trinajstić information content (AvgIpc) is 3.55. The molecule has 0 saturated heterocycles. The van der Waals surface area contributed by atoms with Gasteiger partial charge in [0.15, 0.2) is 15.5 Å². The molecule has 4 N–H and O–H groups in total. The van der Waals surface area contributed by atoms with Gasteiger partial charge in [-0.15, -0.1) is 0 Å². The number of rotatable bonds is 14. The second-order valence-electron chi connectivity index (χ2n) is 11.3. The van der Waals surface area contributed by atoms with Crippen LogP contribution >= 0.6 is 0 Å². The van der Waals surface area contributed by atoms with E-state index in [1.165, 1.54) is 56.5 Å². The van der Waals surface area contributed by atoms with Crippen molar-refractivity contribution >= 4 is 39.2 Å². The van der Waals surface area contributed by atoms with Crippen molar-refractivity contribution in [2.45, 2.75) is 30.8 Å². The first kappa shape index (κ1) is 39.0. The Balaban J connectivity index is 1.59. The summed E-state index contributed by atoms with van der Waals surface area (Å²) in [7, 11) is -2.39. The van der Waals surface area contributed by atoms with E-state index in [4.69, 9.17) is 4.74 Å². The topological polar surface area (TPSA) is 178 Å². The molecule has 0 radical (unpaired) electrons. The predicted octanol–water partition coefficient (Wildman–Crippen LogP) is 4.12. The molecule has 0 bridgehead atoms. The Kier molecular flexibility index (Phi) is 12.4. The molecule has 18 heteroatoms. The van der Waals surface area contributed by atoms with Crippen molar-refractivity contribution in [3.05, 3.63) is 89.5 Å². The fourth-order valence-electron chi connectivity index (χ4n) is 4.95. The Morgan fingerprint density at radius 3 is 2.25 bits per heavy atom. The highest BCUT2D eigenvalue weighted by atomic mass is 32.2. The van der Waals surface area contributed by atoms with Gasteiger partial charge in [-0.3, -0.25) is 19.2 Å². The van der Waals surface area contributed by atoms with Crippen molar-refractivity contribution in [2.75, 3.05) is 38.3 Å². The number of nitrogens with one attached hydrogen (secondary N) is 4. The number of aromatic nitrogens is 2. The molecule has 0 aliphatic rings. The molecule has 3 aromatic carbocycles. The average molecular weight is 747 g/mol. The lowest BCUT2D eigenvalue weighted by Crippen LogP contribution is -2.34. The van der Waals surface area contributed by atoms with Gasteiger partial charge in [0.25, 0.3) is 11.8 Å². The van der Waals surface area contributed by atoms with Crippen LogP contribution in [0.3, 0.4) is 0 Å². The van der Waals surface area contributed by atoms with Crippen LogP contribution in [-0.4, -0.2) is 74.8 Å². The minimum Gasteiger partial charge on any atom is -0.497 e. The number of methoxy groups -OCH3 is 1. The van der Waals surface area contributed by atoms with E-state index in [2.05, 4.69) is 26.4 Å². The molecule has 4 amide bonds. The van der Waals surface area contributed by atoms with E-state index in [0.717, 1.165) is 18.4 Å². The number of carbonyl (C=O) groups is 4. The Hall–Kier alpha value is -5.78. The molecule has 0 aliphatic carbocycles. The molecular weight excluding hydrogens is 712 g/mol. The van der Waals surface area contributed by atoms with Crippen molar-refractivity contribution < 1.29 is 49.9 Å². The third-order valence-electron chi connectivity index (χ3n) is 7.41. The van der Waals surface area contributed by atoms with Gasteiger partial charge in [0.05, 0.1) is 28.9 Å². The van der Waals surface area contributed by atoms with Crippen LogP contribution in [0, 0.1) is 5.82 Å². The van der Waals surface area contributed by atoms with E-state index in [1.54, 1.807) is 6.07 Å². The third-order valence-corrected chi connectivity index (χ3v) is 8.57. The third kappa shape index (κ3) is 9.93. The Morgan fingerprint density at radius 1 is 0.885 bits per heavy atom.